The molecule has 188 valence electrons. The fraction of sp³-hybridized carbons (Fsp3) is 0.500. The first kappa shape index (κ1) is 25.5. The summed E-state index contributed by atoms with van der Waals surface area (Å²) in [6.45, 7) is 15.5. The molecule has 2 aromatic carbocycles. The predicted octanol–water partition coefficient (Wildman–Crippen LogP) is 6.33. The zero-order valence-corrected chi connectivity index (χ0v) is 22.5. The third kappa shape index (κ3) is 4.55. The lowest BCUT2D eigenvalue weighted by Crippen LogP contribution is -2.31. The van der Waals surface area contributed by atoms with E-state index in [1.807, 2.05) is 30.8 Å². The maximum atomic E-state index is 15.4. The molecule has 0 radical (unpaired) electrons. The van der Waals surface area contributed by atoms with Crippen molar-refractivity contribution in [3.63, 3.8) is 0 Å². The topological polar surface area (TPSA) is 62.6 Å². The second-order valence-corrected chi connectivity index (χ2v) is 11.9. The quantitative estimate of drug-likeness (QED) is 0.452. The van der Waals surface area contributed by atoms with Crippen LogP contribution in [0.3, 0.4) is 0 Å². The third-order valence-corrected chi connectivity index (χ3v) is 8.23. The number of thioether (sulfide) groups is 1. The summed E-state index contributed by atoms with van der Waals surface area (Å²) in [6.07, 6.45) is 0. The molecule has 0 aliphatic carbocycles. The van der Waals surface area contributed by atoms with Crippen molar-refractivity contribution in [3.8, 4) is 11.5 Å². The van der Waals surface area contributed by atoms with Crippen LogP contribution in [-0.2, 0) is 17.4 Å². The Labute approximate surface area is 211 Å². The van der Waals surface area contributed by atoms with Gasteiger partial charge in [0.15, 0.2) is 23.1 Å². The van der Waals surface area contributed by atoms with Gasteiger partial charge in [0.1, 0.15) is 5.84 Å². The minimum Gasteiger partial charge on any atom is -0.490 e. The van der Waals surface area contributed by atoms with E-state index >= 15 is 4.39 Å². The molecule has 5 nitrogen and oxygen atoms in total. The van der Waals surface area contributed by atoms with E-state index < -0.39 is 5.82 Å². The van der Waals surface area contributed by atoms with Gasteiger partial charge in [-0.05, 0) is 54.2 Å². The Balaban J connectivity index is 1.66. The van der Waals surface area contributed by atoms with Gasteiger partial charge in [-0.3, -0.25) is 10.2 Å². The van der Waals surface area contributed by atoms with Crippen molar-refractivity contribution in [2.75, 3.05) is 25.5 Å². The Morgan fingerprint density at radius 3 is 2.49 bits per heavy atom. The van der Waals surface area contributed by atoms with Gasteiger partial charge in [0.2, 0.25) is 0 Å². The molecule has 0 saturated heterocycles. The lowest BCUT2D eigenvalue weighted by Gasteiger charge is -2.26. The van der Waals surface area contributed by atoms with Crippen LogP contribution in [0, 0.1) is 11.2 Å². The zero-order chi connectivity index (χ0) is 25.7. The molecule has 1 N–H and O–H groups in total. The first-order valence-electron chi connectivity index (χ1n) is 12.2. The van der Waals surface area contributed by atoms with Crippen molar-refractivity contribution in [2.45, 2.75) is 70.7 Å². The summed E-state index contributed by atoms with van der Waals surface area (Å²) in [5.74, 6) is 0.679. The van der Waals surface area contributed by atoms with E-state index in [4.69, 9.17) is 14.9 Å². The van der Waals surface area contributed by atoms with Crippen molar-refractivity contribution in [3.05, 3.63) is 51.8 Å². The Morgan fingerprint density at radius 2 is 1.86 bits per heavy atom. The highest BCUT2D eigenvalue weighted by atomic mass is 32.2. The van der Waals surface area contributed by atoms with Gasteiger partial charge in [-0.25, -0.2) is 4.39 Å². The van der Waals surface area contributed by atoms with Crippen LogP contribution in [0.25, 0.3) is 0 Å². The molecule has 2 heterocycles. The minimum atomic E-state index is -0.598. The average molecular weight is 499 g/mol. The van der Waals surface area contributed by atoms with Gasteiger partial charge in [-0.1, -0.05) is 34.6 Å². The number of fused-ring (bicyclic) bond motifs is 2. The van der Waals surface area contributed by atoms with Gasteiger partial charge >= 0.3 is 0 Å². The van der Waals surface area contributed by atoms with E-state index in [0.29, 0.717) is 23.5 Å². The Bertz CT molecular complexity index is 1200. The molecule has 0 aromatic heterocycles. The van der Waals surface area contributed by atoms with E-state index in [-0.39, 0.29) is 53.5 Å². The molecule has 0 amide bonds. The molecule has 0 fully saturated rings. The van der Waals surface area contributed by atoms with Crippen molar-refractivity contribution in [1.29, 1.82) is 5.41 Å². The number of hydrogen-bond acceptors (Lipinski definition) is 5. The maximum absolute atomic E-state index is 15.4. The second kappa shape index (κ2) is 9.16. The van der Waals surface area contributed by atoms with Crippen LogP contribution in [0.1, 0.15) is 81.1 Å². The smallest absolute Gasteiger partial charge is 0.197 e. The summed E-state index contributed by atoms with van der Waals surface area (Å²) in [5, 5.41) is 8.65. The van der Waals surface area contributed by atoms with Gasteiger partial charge in [-0.15, -0.1) is 11.8 Å². The maximum Gasteiger partial charge on any atom is 0.197 e. The first-order valence-corrected chi connectivity index (χ1v) is 13.2. The molecule has 7 heteroatoms. The molecular formula is C28H35FN2O3S. The number of ether oxygens (including phenoxy) is 2. The fourth-order valence-electron chi connectivity index (χ4n) is 4.76. The summed E-state index contributed by atoms with van der Waals surface area (Å²) in [6, 6.07) is 5.78. The van der Waals surface area contributed by atoms with Crippen LogP contribution in [0.2, 0.25) is 0 Å². The van der Waals surface area contributed by atoms with E-state index in [2.05, 4.69) is 34.6 Å². The van der Waals surface area contributed by atoms with Crippen LogP contribution in [0.4, 0.5) is 4.39 Å². The van der Waals surface area contributed by atoms with E-state index in [0.717, 1.165) is 5.75 Å². The van der Waals surface area contributed by atoms with Crippen LogP contribution in [0.5, 0.6) is 11.5 Å². The Morgan fingerprint density at radius 1 is 1.17 bits per heavy atom. The number of rotatable bonds is 7. The number of nitrogens with one attached hydrogen (secondary N) is 1. The Kier molecular flexibility index (Phi) is 6.68. The number of carbonyl (C=O) groups excluding carboxylic acids is 1. The highest BCUT2D eigenvalue weighted by Crippen LogP contribution is 2.48. The molecule has 2 aromatic rings. The second-order valence-electron chi connectivity index (χ2n) is 10.9. The molecule has 4 rings (SSSR count). The van der Waals surface area contributed by atoms with Gasteiger partial charge in [0.25, 0.3) is 0 Å². The molecule has 2 aliphatic heterocycles. The number of halogens is 1. The van der Waals surface area contributed by atoms with Crippen LogP contribution in [0.15, 0.2) is 23.1 Å². The normalized spacial score (nSPS) is 16.3. The lowest BCUT2D eigenvalue weighted by molar-refractivity contribution is 0.0962. The monoisotopic (exact) mass is 498 g/mol. The number of Topliss-reactive ketones (excluding diaryl/α,β-unsaturated/α-hetero) is 1. The SMILES string of the molecule is CCOc1cc2c(c(F)c1OCC)C(=N)N(CC(=O)c1cc(C(C)(C)C)c3c(c1)C(C)(C)CS3)C2. The number of hydrogen-bond donors (Lipinski definition) is 1. The molecule has 0 atom stereocenters. The predicted molar refractivity (Wildman–Crippen MR) is 139 cm³/mol. The third-order valence-electron chi connectivity index (χ3n) is 6.63. The highest BCUT2D eigenvalue weighted by molar-refractivity contribution is 7.99. The van der Waals surface area contributed by atoms with Crippen LogP contribution >= 0.6 is 11.8 Å². The number of carbonyl (C=O) groups is 1. The lowest BCUT2D eigenvalue weighted by atomic mass is 9.79. The van der Waals surface area contributed by atoms with Crippen LogP contribution in [-0.4, -0.2) is 42.0 Å². The summed E-state index contributed by atoms with van der Waals surface area (Å²) < 4.78 is 26.5. The molecule has 35 heavy (non-hydrogen) atoms. The van der Waals surface area contributed by atoms with E-state index in [9.17, 15) is 4.79 Å². The van der Waals surface area contributed by atoms with Gasteiger partial charge in [-0.2, -0.15) is 0 Å². The van der Waals surface area contributed by atoms with E-state index in [1.165, 1.54) is 16.0 Å². The highest BCUT2D eigenvalue weighted by Gasteiger charge is 2.37. The first-order chi connectivity index (χ1) is 16.4. The number of nitrogens with zero attached hydrogens (tertiary/aromatic N) is 1. The van der Waals surface area contributed by atoms with Gasteiger partial charge in [0.05, 0.1) is 25.3 Å². The molecule has 0 saturated carbocycles. The number of amidine groups is 1. The van der Waals surface area contributed by atoms with Crippen molar-refractivity contribution in [1.82, 2.24) is 4.90 Å². The number of benzene rings is 2. The van der Waals surface area contributed by atoms with Gasteiger partial charge < -0.3 is 14.4 Å². The van der Waals surface area contributed by atoms with Gasteiger partial charge in [0, 0.05) is 28.2 Å². The number of ketones is 1. The summed E-state index contributed by atoms with van der Waals surface area (Å²) in [5.41, 5.74) is 3.76. The van der Waals surface area contributed by atoms with Crippen molar-refractivity contribution < 1.29 is 18.7 Å². The van der Waals surface area contributed by atoms with Crippen molar-refractivity contribution in [2.24, 2.45) is 0 Å². The van der Waals surface area contributed by atoms with E-state index in [1.54, 1.807) is 17.9 Å². The summed E-state index contributed by atoms with van der Waals surface area (Å²) in [4.78, 5) is 16.4. The molecule has 2 aliphatic rings. The Hall–Kier alpha value is -2.54. The largest absolute Gasteiger partial charge is 0.490 e. The fourth-order valence-corrected chi connectivity index (χ4v) is 6.43. The average Bonchev–Trinajstić information content (AvgIpc) is 3.25. The standard InChI is InChI=1S/C28H35FN2O3S/c1-8-33-21-12-17-13-31(26(30)22(17)23(29)24(21)34-9-2)14-20(32)16-10-18(27(3,4)5)25-19(11-16)28(6,7)15-35-25/h10-12,30H,8-9,13-15H2,1-7H3. The van der Waals surface area contributed by atoms with Crippen LogP contribution < -0.4 is 9.47 Å². The molecule has 0 spiro atoms. The molecule has 0 bridgehead atoms. The molecular weight excluding hydrogens is 463 g/mol. The summed E-state index contributed by atoms with van der Waals surface area (Å²) >= 11 is 1.86. The molecule has 0 unspecified atom stereocenters. The van der Waals surface area contributed by atoms with Crippen molar-refractivity contribution >= 4 is 23.4 Å². The zero-order valence-electron chi connectivity index (χ0n) is 21.7. The minimum absolute atomic E-state index is 0.00272. The summed E-state index contributed by atoms with van der Waals surface area (Å²) in [7, 11) is 0.